The van der Waals surface area contributed by atoms with Crippen molar-refractivity contribution < 1.29 is 9.50 Å². The number of hydrogen-bond donors (Lipinski definition) is 2. The Morgan fingerprint density at radius 2 is 2.03 bits per heavy atom. The second kappa shape index (κ2) is 8.53. The number of β-amino-alcohol motifs (C(OH)–C–C–N with tert-alkyl or cyclic N) is 1. The van der Waals surface area contributed by atoms with Gasteiger partial charge in [0.1, 0.15) is 35.4 Å². The highest BCUT2D eigenvalue weighted by atomic mass is 19.1. The fourth-order valence-electron chi connectivity index (χ4n) is 4.22. The van der Waals surface area contributed by atoms with Crippen molar-refractivity contribution in [1.29, 1.82) is 5.26 Å². The molecular formula is C24H21FN8O. The first-order valence-electron chi connectivity index (χ1n) is 10.8. The number of benzene rings is 1. The Morgan fingerprint density at radius 1 is 1.21 bits per heavy atom. The lowest BCUT2D eigenvalue weighted by atomic mass is 9.99. The van der Waals surface area contributed by atoms with Crippen molar-refractivity contribution in [2.75, 3.05) is 35.2 Å². The SMILES string of the molecule is CCN(c1ncnc(N)c1C#N)c1nc2ccc(F)cc2c(N2CC(O)C2)c1-c1ccccn1. The highest BCUT2D eigenvalue weighted by Crippen LogP contribution is 2.45. The van der Waals surface area contributed by atoms with Crippen molar-refractivity contribution in [1.82, 2.24) is 19.9 Å². The predicted octanol–water partition coefficient (Wildman–Crippen LogP) is 3.02. The maximum atomic E-state index is 14.4. The van der Waals surface area contributed by atoms with Gasteiger partial charge in [-0.3, -0.25) is 4.98 Å². The molecule has 0 radical (unpaired) electrons. The predicted molar refractivity (Wildman–Crippen MR) is 127 cm³/mol. The third-order valence-electron chi connectivity index (χ3n) is 5.80. The lowest BCUT2D eigenvalue weighted by molar-refractivity contribution is 0.142. The van der Waals surface area contributed by atoms with Crippen molar-refractivity contribution in [2.45, 2.75) is 13.0 Å². The number of anilines is 4. The van der Waals surface area contributed by atoms with E-state index in [1.807, 2.05) is 24.0 Å². The van der Waals surface area contributed by atoms with Gasteiger partial charge in [0.15, 0.2) is 5.82 Å². The van der Waals surface area contributed by atoms with Crippen LogP contribution in [0.5, 0.6) is 0 Å². The van der Waals surface area contributed by atoms with Gasteiger partial charge in [-0.15, -0.1) is 0 Å². The van der Waals surface area contributed by atoms with E-state index in [-0.39, 0.29) is 17.2 Å². The third kappa shape index (κ3) is 3.52. The number of nitriles is 1. The van der Waals surface area contributed by atoms with Crippen LogP contribution in [0.3, 0.4) is 0 Å². The Morgan fingerprint density at radius 3 is 2.71 bits per heavy atom. The van der Waals surface area contributed by atoms with Crippen molar-refractivity contribution in [3.63, 3.8) is 0 Å². The minimum atomic E-state index is -0.481. The van der Waals surface area contributed by atoms with Crippen molar-refractivity contribution >= 4 is 34.0 Å². The molecule has 3 N–H and O–H groups in total. The third-order valence-corrected chi connectivity index (χ3v) is 5.80. The number of halogens is 1. The van der Waals surface area contributed by atoms with Crippen molar-refractivity contribution in [3.8, 4) is 17.3 Å². The second-order valence-corrected chi connectivity index (χ2v) is 7.91. The minimum absolute atomic E-state index is 0.0688. The molecule has 1 aliphatic heterocycles. The Kier molecular flexibility index (Phi) is 5.39. The molecule has 1 aliphatic rings. The first-order chi connectivity index (χ1) is 16.5. The summed E-state index contributed by atoms with van der Waals surface area (Å²) in [5.41, 5.74) is 8.65. The van der Waals surface area contributed by atoms with E-state index in [1.165, 1.54) is 18.5 Å². The van der Waals surface area contributed by atoms with Gasteiger partial charge in [-0.1, -0.05) is 6.07 Å². The standard InChI is InChI=1S/C24H21FN8O/c1-2-33(23-17(10-26)22(27)29-13-30-23)24-20(19-5-3-4-8-28-19)21(32-11-15(34)12-32)16-9-14(25)6-7-18(16)31-24/h3-9,13,15,34H,2,11-12H2,1H3,(H2,27,29,30). The van der Waals surface area contributed by atoms with Crippen LogP contribution in [0.25, 0.3) is 22.2 Å². The smallest absolute Gasteiger partial charge is 0.157 e. The molecule has 0 amide bonds. The quantitative estimate of drug-likeness (QED) is 0.466. The number of nitrogen functional groups attached to an aromatic ring is 1. The van der Waals surface area contributed by atoms with E-state index in [0.717, 1.165) is 0 Å². The zero-order valence-corrected chi connectivity index (χ0v) is 18.4. The van der Waals surface area contributed by atoms with Crippen LogP contribution in [-0.4, -0.2) is 50.8 Å². The zero-order chi connectivity index (χ0) is 23.8. The summed E-state index contributed by atoms with van der Waals surface area (Å²) < 4.78 is 14.4. The van der Waals surface area contributed by atoms with Gasteiger partial charge in [-0.25, -0.2) is 19.3 Å². The van der Waals surface area contributed by atoms with Gasteiger partial charge in [0.2, 0.25) is 0 Å². The van der Waals surface area contributed by atoms with Gasteiger partial charge in [-0.2, -0.15) is 5.26 Å². The number of aliphatic hydroxyl groups excluding tert-OH is 1. The molecule has 170 valence electrons. The van der Waals surface area contributed by atoms with Gasteiger partial charge in [0.25, 0.3) is 0 Å². The maximum absolute atomic E-state index is 14.4. The normalized spacial score (nSPS) is 13.5. The molecule has 1 saturated heterocycles. The Labute approximate surface area is 195 Å². The van der Waals surface area contributed by atoms with E-state index >= 15 is 0 Å². The summed E-state index contributed by atoms with van der Waals surface area (Å²) in [4.78, 5) is 21.5. The zero-order valence-electron chi connectivity index (χ0n) is 18.4. The lowest BCUT2D eigenvalue weighted by Crippen LogP contribution is -2.51. The number of rotatable bonds is 5. The number of aliphatic hydroxyl groups is 1. The van der Waals surface area contributed by atoms with Crippen LogP contribution in [0, 0.1) is 17.1 Å². The average Bonchev–Trinajstić information content (AvgIpc) is 2.83. The number of hydrogen-bond acceptors (Lipinski definition) is 9. The molecule has 0 atom stereocenters. The fourth-order valence-corrected chi connectivity index (χ4v) is 4.22. The summed E-state index contributed by atoms with van der Waals surface area (Å²) in [5.74, 6) is 0.489. The van der Waals surface area contributed by atoms with Crippen LogP contribution < -0.4 is 15.5 Å². The molecule has 0 unspecified atom stereocenters. The molecule has 1 fully saturated rings. The first-order valence-corrected chi connectivity index (χ1v) is 10.8. The van der Waals surface area contributed by atoms with E-state index in [9.17, 15) is 14.8 Å². The molecule has 4 aromatic rings. The highest BCUT2D eigenvalue weighted by molar-refractivity contribution is 6.05. The summed E-state index contributed by atoms with van der Waals surface area (Å²) in [7, 11) is 0. The molecule has 1 aromatic carbocycles. The van der Waals surface area contributed by atoms with Crippen LogP contribution in [0.4, 0.5) is 27.5 Å². The van der Waals surface area contributed by atoms with Gasteiger partial charge >= 0.3 is 0 Å². The topological polar surface area (TPSA) is 128 Å². The number of aromatic nitrogens is 4. The molecule has 10 heteroatoms. The van der Waals surface area contributed by atoms with E-state index in [2.05, 4.69) is 21.0 Å². The van der Waals surface area contributed by atoms with Crippen molar-refractivity contribution in [3.05, 3.63) is 60.3 Å². The highest BCUT2D eigenvalue weighted by Gasteiger charge is 2.33. The number of fused-ring (bicyclic) bond motifs is 1. The summed E-state index contributed by atoms with van der Waals surface area (Å²) in [6.07, 6.45) is 2.49. The van der Waals surface area contributed by atoms with Crippen LogP contribution in [-0.2, 0) is 0 Å². The maximum Gasteiger partial charge on any atom is 0.157 e. The number of nitrogens with zero attached hydrogens (tertiary/aromatic N) is 7. The van der Waals surface area contributed by atoms with Gasteiger partial charge < -0.3 is 20.6 Å². The molecule has 34 heavy (non-hydrogen) atoms. The summed E-state index contributed by atoms with van der Waals surface area (Å²) in [6.45, 7) is 3.10. The largest absolute Gasteiger partial charge is 0.389 e. The van der Waals surface area contributed by atoms with E-state index in [1.54, 1.807) is 23.2 Å². The molecule has 9 nitrogen and oxygen atoms in total. The van der Waals surface area contributed by atoms with E-state index < -0.39 is 6.10 Å². The molecule has 0 bridgehead atoms. The second-order valence-electron chi connectivity index (χ2n) is 7.91. The van der Waals surface area contributed by atoms with Crippen LogP contribution in [0.1, 0.15) is 12.5 Å². The van der Waals surface area contributed by atoms with E-state index in [4.69, 9.17) is 10.7 Å². The number of nitrogens with two attached hydrogens (primary N) is 1. The van der Waals surface area contributed by atoms with Crippen molar-refractivity contribution in [2.24, 2.45) is 0 Å². The average molecular weight is 456 g/mol. The molecule has 0 saturated carbocycles. The van der Waals surface area contributed by atoms with E-state index in [0.29, 0.717) is 59.1 Å². The monoisotopic (exact) mass is 456 g/mol. The Bertz CT molecular complexity index is 1420. The fraction of sp³-hybridized carbons (Fsp3) is 0.208. The molecule has 4 heterocycles. The number of pyridine rings is 2. The summed E-state index contributed by atoms with van der Waals surface area (Å²) >= 11 is 0. The van der Waals surface area contributed by atoms with Gasteiger partial charge in [0.05, 0.1) is 28.6 Å². The molecular weight excluding hydrogens is 435 g/mol. The van der Waals surface area contributed by atoms with Gasteiger partial charge in [0, 0.05) is 31.2 Å². The Balaban J connectivity index is 1.87. The summed E-state index contributed by atoms with van der Waals surface area (Å²) in [6, 6.07) is 12.0. The molecule has 0 spiro atoms. The summed E-state index contributed by atoms with van der Waals surface area (Å²) in [5, 5.41) is 20.4. The molecule has 5 rings (SSSR count). The molecule has 0 aliphatic carbocycles. The van der Waals surface area contributed by atoms with Crippen LogP contribution in [0.15, 0.2) is 48.9 Å². The van der Waals surface area contributed by atoms with Crippen LogP contribution >= 0.6 is 0 Å². The first kappa shape index (κ1) is 21.5. The lowest BCUT2D eigenvalue weighted by Gasteiger charge is -2.40. The Hall–Kier alpha value is -4.36. The van der Waals surface area contributed by atoms with Crippen LogP contribution in [0.2, 0.25) is 0 Å². The van der Waals surface area contributed by atoms with Gasteiger partial charge in [-0.05, 0) is 37.3 Å². The minimum Gasteiger partial charge on any atom is -0.389 e. The molecule has 3 aromatic heterocycles.